The van der Waals surface area contributed by atoms with Crippen LogP contribution in [0.2, 0.25) is 0 Å². The molecule has 1 saturated heterocycles. The molecule has 0 spiro atoms. The van der Waals surface area contributed by atoms with E-state index in [0.717, 1.165) is 12.2 Å². The van der Waals surface area contributed by atoms with Crippen molar-refractivity contribution in [3.05, 3.63) is 29.8 Å². The first-order valence-corrected chi connectivity index (χ1v) is 5.37. The van der Waals surface area contributed by atoms with Crippen LogP contribution in [0.15, 0.2) is 24.3 Å². The van der Waals surface area contributed by atoms with E-state index in [1.165, 1.54) is 5.56 Å². The van der Waals surface area contributed by atoms with Crippen LogP contribution in [0.4, 0.5) is 5.69 Å². The van der Waals surface area contributed by atoms with Gasteiger partial charge >= 0.3 is 0 Å². The van der Waals surface area contributed by atoms with E-state index in [1.807, 2.05) is 38.4 Å². The van der Waals surface area contributed by atoms with Crippen molar-refractivity contribution in [1.29, 1.82) is 0 Å². The second kappa shape index (κ2) is 4.14. The highest BCUT2D eigenvalue weighted by Gasteiger charge is 2.28. The summed E-state index contributed by atoms with van der Waals surface area (Å²) < 4.78 is 0. The van der Waals surface area contributed by atoms with Crippen LogP contribution in [0.5, 0.6) is 0 Å². The lowest BCUT2D eigenvalue weighted by Crippen LogP contribution is -2.48. The van der Waals surface area contributed by atoms with E-state index in [1.54, 1.807) is 4.90 Å². The largest absolute Gasteiger partial charge is 0.399 e. The molecular formula is C12H17N3O. The number of likely N-dealkylation sites (N-methyl/N-ethyl adjacent to an activating group) is 2. The molecule has 1 aromatic carbocycles. The Morgan fingerprint density at radius 3 is 2.50 bits per heavy atom. The predicted molar refractivity (Wildman–Crippen MR) is 63.9 cm³/mol. The van der Waals surface area contributed by atoms with Gasteiger partial charge in [-0.25, -0.2) is 0 Å². The summed E-state index contributed by atoms with van der Waals surface area (Å²) in [7, 11) is 3.82. The van der Waals surface area contributed by atoms with Crippen LogP contribution in [0.25, 0.3) is 0 Å². The maximum atomic E-state index is 11.5. The zero-order valence-electron chi connectivity index (χ0n) is 9.68. The fourth-order valence-corrected chi connectivity index (χ4v) is 2.02. The first kappa shape index (κ1) is 11.0. The van der Waals surface area contributed by atoms with Crippen molar-refractivity contribution in [2.75, 3.05) is 32.9 Å². The molecule has 0 saturated carbocycles. The van der Waals surface area contributed by atoms with Crippen LogP contribution in [0.3, 0.4) is 0 Å². The third-order valence-corrected chi connectivity index (χ3v) is 3.11. The van der Waals surface area contributed by atoms with E-state index in [-0.39, 0.29) is 11.9 Å². The van der Waals surface area contributed by atoms with Gasteiger partial charge in [0.25, 0.3) is 0 Å². The van der Waals surface area contributed by atoms with E-state index in [0.29, 0.717) is 6.54 Å². The molecule has 1 heterocycles. The second-order valence-corrected chi connectivity index (χ2v) is 4.37. The van der Waals surface area contributed by atoms with Gasteiger partial charge < -0.3 is 10.6 Å². The molecule has 86 valence electrons. The van der Waals surface area contributed by atoms with Gasteiger partial charge in [0.15, 0.2) is 0 Å². The Kier molecular flexibility index (Phi) is 2.83. The number of nitrogen functional groups attached to an aromatic ring is 1. The average Bonchev–Trinajstić information content (AvgIpc) is 2.25. The maximum absolute atomic E-state index is 11.5. The Hall–Kier alpha value is -1.55. The molecule has 1 unspecified atom stereocenters. The SMILES string of the molecule is CN1CC(c2ccc(N)cc2)N(C)CC1=O. The van der Waals surface area contributed by atoms with E-state index in [4.69, 9.17) is 5.73 Å². The van der Waals surface area contributed by atoms with E-state index in [9.17, 15) is 4.79 Å². The van der Waals surface area contributed by atoms with E-state index < -0.39 is 0 Å². The summed E-state index contributed by atoms with van der Waals surface area (Å²) in [6, 6.07) is 8.13. The van der Waals surface area contributed by atoms with Crippen molar-refractivity contribution in [2.45, 2.75) is 6.04 Å². The van der Waals surface area contributed by atoms with Crippen LogP contribution in [-0.4, -0.2) is 42.9 Å². The molecule has 1 aromatic rings. The highest BCUT2D eigenvalue weighted by atomic mass is 16.2. The zero-order chi connectivity index (χ0) is 11.7. The summed E-state index contributed by atoms with van der Waals surface area (Å²) in [5.74, 6) is 0.175. The number of hydrogen-bond donors (Lipinski definition) is 1. The van der Waals surface area contributed by atoms with Crippen LogP contribution in [0.1, 0.15) is 11.6 Å². The zero-order valence-corrected chi connectivity index (χ0v) is 9.68. The standard InChI is InChI=1S/C12H17N3O/c1-14-8-12(16)15(2)7-11(14)9-3-5-10(13)6-4-9/h3-6,11H,7-8,13H2,1-2H3. The lowest BCUT2D eigenvalue weighted by Gasteiger charge is -2.37. The summed E-state index contributed by atoms with van der Waals surface area (Å²) in [5.41, 5.74) is 7.64. The summed E-state index contributed by atoms with van der Waals surface area (Å²) in [6.07, 6.45) is 0. The van der Waals surface area contributed by atoms with Crippen molar-refractivity contribution in [2.24, 2.45) is 0 Å². The Morgan fingerprint density at radius 2 is 1.88 bits per heavy atom. The smallest absolute Gasteiger partial charge is 0.236 e. The van der Waals surface area contributed by atoms with Crippen LogP contribution >= 0.6 is 0 Å². The molecule has 1 amide bonds. The van der Waals surface area contributed by atoms with Crippen LogP contribution in [0, 0.1) is 0 Å². The first-order valence-electron chi connectivity index (χ1n) is 5.37. The number of benzene rings is 1. The van der Waals surface area contributed by atoms with Gasteiger partial charge in [0.05, 0.1) is 12.6 Å². The topological polar surface area (TPSA) is 49.6 Å². The number of carbonyl (C=O) groups excluding carboxylic acids is 1. The number of rotatable bonds is 1. The highest BCUT2D eigenvalue weighted by Crippen LogP contribution is 2.24. The van der Waals surface area contributed by atoms with Gasteiger partial charge in [-0.2, -0.15) is 0 Å². The fourth-order valence-electron chi connectivity index (χ4n) is 2.02. The Balaban J connectivity index is 2.20. The molecule has 0 bridgehead atoms. The van der Waals surface area contributed by atoms with Crippen molar-refractivity contribution in [3.8, 4) is 0 Å². The molecule has 0 aromatic heterocycles. The molecule has 1 aliphatic heterocycles. The van der Waals surface area contributed by atoms with Crippen molar-refractivity contribution >= 4 is 11.6 Å². The third kappa shape index (κ3) is 2.02. The molecule has 0 aliphatic carbocycles. The van der Waals surface area contributed by atoms with Gasteiger partial charge in [0.1, 0.15) is 0 Å². The minimum Gasteiger partial charge on any atom is -0.399 e. The van der Waals surface area contributed by atoms with Gasteiger partial charge in [0.2, 0.25) is 5.91 Å². The fraction of sp³-hybridized carbons (Fsp3) is 0.417. The second-order valence-electron chi connectivity index (χ2n) is 4.37. The van der Waals surface area contributed by atoms with E-state index in [2.05, 4.69) is 4.90 Å². The number of amides is 1. The molecule has 16 heavy (non-hydrogen) atoms. The van der Waals surface area contributed by atoms with Crippen LogP contribution < -0.4 is 5.73 Å². The number of nitrogens with zero attached hydrogens (tertiary/aromatic N) is 2. The molecule has 2 rings (SSSR count). The monoisotopic (exact) mass is 219 g/mol. The van der Waals surface area contributed by atoms with Crippen molar-refractivity contribution in [3.63, 3.8) is 0 Å². The molecule has 0 radical (unpaired) electrons. The Labute approximate surface area is 95.6 Å². The Morgan fingerprint density at radius 1 is 1.25 bits per heavy atom. The first-order chi connectivity index (χ1) is 7.58. The molecule has 4 nitrogen and oxygen atoms in total. The summed E-state index contributed by atoms with van der Waals surface area (Å²) in [5, 5.41) is 0. The number of piperazine rings is 1. The maximum Gasteiger partial charge on any atom is 0.236 e. The highest BCUT2D eigenvalue weighted by molar-refractivity contribution is 5.78. The quantitative estimate of drug-likeness (QED) is 0.708. The molecule has 1 atom stereocenters. The van der Waals surface area contributed by atoms with Gasteiger partial charge in [-0.1, -0.05) is 12.1 Å². The number of nitrogens with two attached hydrogens (primary N) is 1. The van der Waals surface area contributed by atoms with Crippen molar-refractivity contribution in [1.82, 2.24) is 9.80 Å². The molecular weight excluding hydrogens is 202 g/mol. The van der Waals surface area contributed by atoms with Gasteiger partial charge in [0, 0.05) is 19.3 Å². The lowest BCUT2D eigenvalue weighted by molar-refractivity contribution is -0.136. The van der Waals surface area contributed by atoms with Gasteiger partial charge in [-0.3, -0.25) is 9.69 Å². The minimum atomic E-state index is 0.175. The molecule has 1 fully saturated rings. The number of carbonyl (C=O) groups is 1. The predicted octanol–water partition coefficient (Wildman–Crippen LogP) is 0.714. The Bertz CT molecular complexity index is 388. The summed E-state index contributed by atoms with van der Waals surface area (Å²) in [4.78, 5) is 15.4. The molecule has 2 N–H and O–H groups in total. The molecule has 4 heteroatoms. The van der Waals surface area contributed by atoms with Gasteiger partial charge in [-0.05, 0) is 24.7 Å². The molecule has 1 aliphatic rings. The summed E-state index contributed by atoms with van der Waals surface area (Å²) in [6.45, 7) is 1.21. The summed E-state index contributed by atoms with van der Waals surface area (Å²) >= 11 is 0. The third-order valence-electron chi connectivity index (χ3n) is 3.11. The van der Waals surface area contributed by atoms with Gasteiger partial charge in [-0.15, -0.1) is 0 Å². The number of anilines is 1. The van der Waals surface area contributed by atoms with Crippen LogP contribution in [-0.2, 0) is 4.79 Å². The average molecular weight is 219 g/mol. The van der Waals surface area contributed by atoms with Crippen molar-refractivity contribution < 1.29 is 4.79 Å². The number of hydrogen-bond acceptors (Lipinski definition) is 3. The lowest BCUT2D eigenvalue weighted by atomic mass is 10.0. The van der Waals surface area contributed by atoms with E-state index >= 15 is 0 Å². The minimum absolute atomic E-state index is 0.175. The normalized spacial score (nSPS) is 22.5.